The van der Waals surface area contributed by atoms with E-state index in [1.165, 1.54) is 17.0 Å². The first-order chi connectivity index (χ1) is 9.90. The van der Waals surface area contributed by atoms with Gasteiger partial charge in [0.25, 0.3) is 5.69 Å². The number of aliphatic hydroxyl groups is 1. The smallest absolute Gasteiger partial charge is 0.317 e. The second-order valence-corrected chi connectivity index (χ2v) is 4.90. The van der Waals surface area contributed by atoms with Gasteiger partial charge in [0, 0.05) is 19.2 Å². The van der Waals surface area contributed by atoms with Crippen LogP contribution < -0.4 is 5.32 Å². The van der Waals surface area contributed by atoms with Gasteiger partial charge in [0.2, 0.25) is 0 Å². The van der Waals surface area contributed by atoms with Gasteiger partial charge in [0.15, 0.2) is 0 Å². The van der Waals surface area contributed by atoms with Crippen molar-refractivity contribution in [3.63, 3.8) is 0 Å². The van der Waals surface area contributed by atoms with Crippen molar-refractivity contribution >= 4 is 11.7 Å². The Hall–Kier alpha value is -2.15. The Balaban J connectivity index is 2.86. The number of nitro groups is 1. The molecular formula is C14H21N3O4. The number of carbonyl (C=O) groups is 1. The van der Waals surface area contributed by atoms with E-state index in [4.69, 9.17) is 5.11 Å². The highest BCUT2D eigenvalue weighted by molar-refractivity contribution is 5.74. The largest absolute Gasteiger partial charge is 0.394 e. The zero-order valence-electron chi connectivity index (χ0n) is 12.4. The number of likely N-dealkylation sites (N-methyl/N-ethyl adjacent to an activating group) is 1. The highest BCUT2D eigenvalue weighted by atomic mass is 16.6. The van der Waals surface area contributed by atoms with Gasteiger partial charge in [-0.15, -0.1) is 0 Å². The number of urea groups is 1. The number of hydrogen-bond acceptors (Lipinski definition) is 4. The first-order valence-electron chi connectivity index (χ1n) is 6.79. The summed E-state index contributed by atoms with van der Waals surface area (Å²) in [6.07, 6.45) is 0.605. The molecule has 2 unspecified atom stereocenters. The van der Waals surface area contributed by atoms with Crippen molar-refractivity contribution in [2.75, 3.05) is 13.7 Å². The van der Waals surface area contributed by atoms with Gasteiger partial charge in [-0.25, -0.2) is 4.79 Å². The normalized spacial score (nSPS) is 13.3. The molecule has 0 aliphatic heterocycles. The summed E-state index contributed by atoms with van der Waals surface area (Å²) in [4.78, 5) is 23.8. The molecule has 0 spiro atoms. The molecule has 116 valence electrons. The molecule has 7 heteroatoms. The van der Waals surface area contributed by atoms with Gasteiger partial charge < -0.3 is 15.3 Å². The van der Waals surface area contributed by atoms with Crippen LogP contribution in [0.3, 0.4) is 0 Å². The van der Waals surface area contributed by atoms with Crippen LogP contribution in [0.2, 0.25) is 0 Å². The Bertz CT molecular complexity index is 507. The number of non-ortho nitro benzene ring substituents is 1. The van der Waals surface area contributed by atoms with E-state index in [2.05, 4.69) is 5.32 Å². The van der Waals surface area contributed by atoms with E-state index in [0.29, 0.717) is 12.0 Å². The molecule has 0 aliphatic rings. The average Bonchev–Trinajstić information content (AvgIpc) is 2.50. The maximum Gasteiger partial charge on any atom is 0.317 e. The SMILES string of the molecule is CCC(NC(=O)N(C)C(C)CO)c1cccc([N+](=O)[O-])c1. The van der Waals surface area contributed by atoms with E-state index in [9.17, 15) is 14.9 Å². The van der Waals surface area contributed by atoms with Gasteiger partial charge in [-0.3, -0.25) is 10.1 Å². The third kappa shape index (κ3) is 4.42. The Kier molecular flexibility index (Phi) is 6.10. The van der Waals surface area contributed by atoms with E-state index < -0.39 is 4.92 Å². The quantitative estimate of drug-likeness (QED) is 0.620. The fourth-order valence-corrected chi connectivity index (χ4v) is 1.85. The molecule has 1 aromatic rings. The van der Waals surface area contributed by atoms with Gasteiger partial charge in [0.1, 0.15) is 0 Å². The molecule has 0 saturated carbocycles. The minimum atomic E-state index is -0.460. The third-order valence-electron chi connectivity index (χ3n) is 3.44. The number of nitrogens with one attached hydrogen (secondary N) is 1. The van der Waals surface area contributed by atoms with Crippen molar-refractivity contribution in [2.45, 2.75) is 32.4 Å². The predicted octanol–water partition coefficient (Wildman–Crippen LogP) is 2.07. The molecule has 7 nitrogen and oxygen atoms in total. The van der Waals surface area contributed by atoms with Gasteiger partial charge >= 0.3 is 6.03 Å². The van der Waals surface area contributed by atoms with E-state index in [1.807, 2.05) is 6.92 Å². The maximum absolute atomic E-state index is 12.1. The van der Waals surface area contributed by atoms with Crippen molar-refractivity contribution in [3.8, 4) is 0 Å². The van der Waals surface area contributed by atoms with E-state index in [0.717, 1.165) is 0 Å². The van der Waals surface area contributed by atoms with Crippen LogP contribution in [-0.2, 0) is 0 Å². The Morgan fingerprint density at radius 3 is 2.71 bits per heavy atom. The lowest BCUT2D eigenvalue weighted by Gasteiger charge is -2.26. The summed E-state index contributed by atoms with van der Waals surface area (Å²) in [5, 5.41) is 22.7. The maximum atomic E-state index is 12.1. The van der Waals surface area contributed by atoms with Crippen LogP contribution in [0.15, 0.2) is 24.3 Å². The zero-order valence-corrected chi connectivity index (χ0v) is 12.4. The Labute approximate surface area is 123 Å². The molecule has 0 saturated heterocycles. The van der Waals surface area contributed by atoms with Crippen LogP contribution in [0.25, 0.3) is 0 Å². The summed E-state index contributed by atoms with van der Waals surface area (Å²) >= 11 is 0. The molecule has 21 heavy (non-hydrogen) atoms. The lowest BCUT2D eigenvalue weighted by molar-refractivity contribution is -0.384. The molecule has 2 atom stereocenters. The standard InChI is InChI=1S/C14H21N3O4/c1-4-13(15-14(19)16(3)10(2)9-18)11-6-5-7-12(8-11)17(20)21/h5-8,10,13,18H,4,9H2,1-3H3,(H,15,19). The molecule has 1 rings (SSSR count). The second kappa shape index (κ2) is 7.58. The molecule has 0 bridgehead atoms. The van der Waals surface area contributed by atoms with E-state index in [1.54, 1.807) is 26.1 Å². The zero-order chi connectivity index (χ0) is 16.0. The number of amides is 2. The van der Waals surface area contributed by atoms with Crippen molar-refractivity contribution in [2.24, 2.45) is 0 Å². The fourth-order valence-electron chi connectivity index (χ4n) is 1.85. The molecule has 0 aliphatic carbocycles. The summed E-state index contributed by atoms with van der Waals surface area (Å²) in [7, 11) is 1.59. The number of rotatable bonds is 6. The molecule has 0 radical (unpaired) electrons. The summed E-state index contributed by atoms with van der Waals surface area (Å²) in [6, 6.07) is 5.29. The van der Waals surface area contributed by atoms with Crippen molar-refractivity contribution < 1.29 is 14.8 Å². The molecule has 1 aromatic carbocycles. The second-order valence-electron chi connectivity index (χ2n) is 4.90. The number of nitrogens with zero attached hydrogens (tertiary/aromatic N) is 2. The van der Waals surface area contributed by atoms with E-state index >= 15 is 0 Å². The van der Waals surface area contributed by atoms with Crippen LogP contribution >= 0.6 is 0 Å². The van der Waals surface area contributed by atoms with Gasteiger partial charge in [-0.2, -0.15) is 0 Å². The van der Waals surface area contributed by atoms with Crippen molar-refractivity contribution in [1.82, 2.24) is 10.2 Å². The van der Waals surface area contributed by atoms with Crippen LogP contribution in [0.5, 0.6) is 0 Å². The highest BCUT2D eigenvalue weighted by Crippen LogP contribution is 2.21. The summed E-state index contributed by atoms with van der Waals surface area (Å²) in [5.74, 6) is 0. The number of carbonyl (C=O) groups excluding carboxylic acids is 1. The molecule has 2 amide bonds. The minimum absolute atomic E-state index is 0.00252. The van der Waals surface area contributed by atoms with Gasteiger partial charge in [-0.05, 0) is 18.9 Å². The van der Waals surface area contributed by atoms with Gasteiger partial charge in [-0.1, -0.05) is 19.1 Å². The van der Waals surface area contributed by atoms with E-state index in [-0.39, 0.29) is 30.4 Å². The third-order valence-corrected chi connectivity index (χ3v) is 3.44. The summed E-state index contributed by atoms with van der Waals surface area (Å²) in [6.45, 7) is 3.49. The predicted molar refractivity (Wildman–Crippen MR) is 79.0 cm³/mol. The molecule has 0 heterocycles. The molecule has 0 fully saturated rings. The lowest BCUT2D eigenvalue weighted by atomic mass is 10.0. The molecule has 0 aromatic heterocycles. The number of benzene rings is 1. The topological polar surface area (TPSA) is 95.7 Å². The highest BCUT2D eigenvalue weighted by Gasteiger charge is 2.20. The lowest BCUT2D eigenvalue weighted by Crippen LogP contribution is -2.45. The summed E-state index contributed by atoms with van der Waals surface area (Å²) < 4.78 is 0. The Morgan fingerprint density at radius 2 is 2.19 bits per heavy atom. The van der Waals surface area contributed by atoms with Crippen LogP contribution in [0, 0.1) is 10.1 Å². The number of hydrogen-bond donors (Lipinski definition) is 2. The molecule has 2 N–H and O–H groups in total. The van der Waals surface area contributed by atoms with Crippen LogP contribution in [0.1, 0.15) is 31.9 Å². The fraction of sp³-hybridized carbons (Fsp3) is 0.500. The van der Waals surface area contributed by atoms with Crippen LogP contribution in [0.4, 0.5) is 10.5 Å². The minimum Gasteiger partial charge on any atom is -0.394 e. The molecular weight excluding hydrogens is 274 g/mol. The average molecular weight is 295 g/mol. The first-order valence-corrected chi connectivity index (χ1v) is 6.79. The number of nitro benzene ring substituents is 1. The first kappa shape index (κ1) is 16.9. The van der Waals surface area contributed by atoms with Crippen molar-refractivity contribution in [3.05, 3.63) is 39.9 Å². The van der Waals surface area contributed by atoms with Crippen LogP contribution in [-0.4, -0.2) is 40.7 Å². The number of aliphatic hydroxyl groups excluding tert-OH is 1. The van der Waals surface area contributed by atoms with Gasteiger partial charge in [0.05, 0.1) is 23.6 Å². The summed E-state index contributed by atoms with van der Waals surface area (Å²) in [5.41, 5.74) is 0.683. The van der Waals surface area contributed by atoms with Crippen molar-refractivity contribution in [1.29, 1.82) is 0 Å². The Morgan fingerprint density at radius 1 is 1.52 bits per heavy atom. The monoisotopic (exact) mass is 295 g/mol.